The van der Waals surface area contributed by atoms with Crippen molar-refractivity contribution >= 4 is 52.3 Å². The number of carbonyl (C=O) groups excluding carboxylic acids is 2. The number of aromatic nitrogens is 1. The summed E-state index contributed by atoms with van der Waals surface area (Å²) in [5, 5.41) is 3.95. The first-order valence-electron chi connectivity index (χ1n) is 13.8. The summed E-state index contributed by atoms with van der Waals surface area (Å²) in [5.74, 6) is 1.93. The van der Waals surface area contributed by atoms with E-state index in [-0.39, 0.29) is 26.8 Å². The van der Waals surface area contributed by atoms with Gasteiger partial charge >= 0.3 is 257 Å². The summed E-state index contributed by atoms with van der Waals surface area (Å²) in [4.78, 5) is 31.8. The average Bonchev–Trinajstić information content (AvgIpc) is 3.45. The van der Waals surface area contributed by atoms with Crippen LogP contribution in [0.25, 0.3) is 10.9 Å². The molecule has 2 N–H and O–H groups in total. The van der Waals surface area contributed by atoms with Gasteiger partial charge < -0.3 is 0 Å². The van der Waals surface area contributed by atoms with E-state index in [0.29, 0.717) is 41.4 Å². The Morgan fingerprint density at radius 3 is 2.35 bits per heavy atom. The second-order valence-corrected chi connectivity index (χ2v) is 12.5. The number of hydrogen-bond acceptors (Lipinski definition) is 5. The van der Waals surface area contributed by atoms with Crippen LogP contribution in [0.5, 0.6) is 17.2 Å². The van der Waals surface area contributed by atoms with E-state index in [0.717, 1.165) is 37.6 Å². The summed E-state index contributed by atoms with van der Waals surface area (Å²) in [6, 6.07) is 24.7. The van der Waals surface area contributed by atoms with E-state index >= 15 is 0 Å². The van der Waals surface area contributed by atoms with Gasteiger partial charge in [-0.15, -0.1) is 0 Å². The van der Waals surface area contributed by atoms with Crippen molar-refractivity contribution < 1.29 is 23.8 Å². The fraction of sp³-hybridized carbons (Fsp3) is 0.176. The SMILES string of the molecule is COc1ccc(NC(=O)c2ccc3[nH]cc([Se]c4cccc(C(=O)N5CCc6cc(OC)c(OC)cc6C5)c4)c3c2)cc1. The molecule has 0 spiro atoms. The molecule has 2 amide bonds. The first-order valence-corrected chi connectivity index (χ1v) is 15.5. The molecule has 0 aliphatic carbocycles. The summed E-state index contributed by atoms with van der Waals surface area (Å²) in [6.07, 6.45) is 2.75. The number of fused-ring (bicyclic) bond motifs is 2. The standard InChI is InChI=1S/C34H31N3O5Se/c1-40-26-10-8-25(9-11-26)36-33(38)22-7-12-29-28(16-22)32(19-35-29)43-27-6-4-5-23(15-27)34(39)37-14-13-21-17-30(41-2)31(42-3)18-24(21)20-37/h4-12,15-19,35H,13-14,20H2,1-3H3,(H,36,38). The molecule has 0 bridgehead atoms. The van der Waals surface area contributed by atoms with Crippen LogP contribution in [-0.2, 0) is 13.0 Å². The molecule has 9 heteroatoms. The number of benzene rings is 4. The molecule has 6 rings (SSSR count). The molecule has 1 aromatic heterocycles. The number of anilines is 1. The zero-order chi connectivity index (χ0) is 29.9. The monoisotopic (exact) mass is 641 g/mol. The molecule has 0 unspecified atom stereocenters. The number of aromatic amines is 1. The van der Waals surface area contributed by atoms with Crippen LogP contribution in [0.3, 0.4) is 0 Å². The second kappa shape index (κ2) is 12.3. The summed E-state index contributed by atoms with van der Waals surface area (Å²) in [7, 11) is 4.86. The Balaban J connectivity index is 1.18. The third kappa shape index (κ3) is 5.95. The van der Waals surface area contributed by atoms with E-state index in [9.17, 15) is 9.59 Å². The van der Waals surface area contributed by atoms with Crippen LogP contribution >= 0.6 is 0 Å². The normalized spacial score (nSPS) is 12.5. The maximum absolute atomic E-state index is 13.6. The predicted octanol–water partition coefficient (Wildman–Crippen LogP) is 4.30. The van der Waals surface area contributed by atoms with Crippen molar-refractivity contribution in [1.82, 2.24) is 9.88 Å². The second-order valence-electron chi connectivity index (χ2n) is 10.2. The number of hydrogen-bond donors (Lipinski definition) is 2. The number of rotatable bonds is 8. The van der Waals surface area contributed by atoms with Crippen molar-refractivity contribution in [3.63, 3.8) is 0 Å². The maximum atomic E-state index is 13.6. The van der Waals surface area contributed by atoms with Crippen LogP contribution in [0.1, 0.15) is 31.8 Å². The van der Waals surface area contributed by atoms with Gasteiger partial charge in [-0.05, 0) is 0 Å². The fourth-order valence-corrected chi connectivity index (χ4v) is 7.32. The molecule has 0 atom stereocenters. The van der Waals surface area contributed by atoms with Gasteiger partial charge in [-0.1, -0.05) is 0 Å². The summed E-state index contributed by atoms with van der Waals surface area (Å²) >= 11 is -0.0853. The quantitative estimate of drug-likeness (QED) is 0.247. The molecule has 0 saturated heterocycles. The molecule has 0 radical (unpaired) electrons. The van der Waals surface area contributed by atoms with Crippen LogP contribution < -0.4 is 28.5 Å². The van der Waals surface area contributed by atoms with Gasteiger partial charge in [0.15, 0.2) is 0 Å². The average molecular weight is 641 g/mol. The first kappa shape index (κ1) is 28.4. The molecule has 43 heavy (non-hydrogen) atoms. The zero-order valence-electron chi connectivity index (χ0n) is 24.1. The van der Waals surface area contributed by atoms with Gasteiger partial charge in [0.2, 0.25) is 0 Å². The van der Waals surface area contributed by atoms with E-state index in [1.807, 2.05) is 83.9 Å². The fourth-order valence-electron chi connectivity index (χ4n) is 5.26. The van der Waals surface area contributed by atoms with Crippen molar-refractivity contribution in [3.8, 4) is 17.2 Å². The molecule has 5 aromatic rings. The number of carbonyl (C=O) groups is 2. The number of amides is 2. The topological polar surface area (TPSA) is 92.9 Å². The van der Waals surface area contributed by atoms with E-state index in [2.05, 4.69) is 16.4 Å². The van der Waals surface area contributed by atoms with Crippen molar-refractivity contribution in [2.24, 2.45) is 0 Å². The first-order chi connectivity index (χ1) is 20.9. The van der Waals surface area contributed by atoms with Gasteiger partial charge in [-0.2, -0.15) is 0 Å². The summed E-state index contributed by atoms with van der Waals surface area (Å²) in [5.41, 5.74) is 5.15. The molecule has 8 nitrogen and oxygen atoms in total. The molecule has 218 valence electrons. The zero-order valence-corrected chi connectivity index (χ0v) is 25.8. The molecule has 4 aromatic carbocycles. The summed E-state index contributed by atoms with van der Waals surface area (Å²) < 4.78 is 18.3. The van der Waals surface area contributed by atoms with Crippen LogP contribution in [0, 0.1) is 0 Å². The minimum absolute atomic E-state index is 0.00880. The Morgan fingerprint density at radius 1 is 0.837 bits per heavy atom. The van der Waals surface area contributed by atoms with Crippen molar-refractivity contribution in [3.05, 3.63) is 107 Å². The van der Waals surface area contributed by atoms with Gasteiger partial charge in [-0.3, -0.25) is 0 Å². The number of nitrogens with one attached hydrogen (secondary N) is 2. The van der Waals surface area contributed by atoms with E-state index in [1.54, 1.807) is 21.3 Å². The third-order valence-corrected chi connectivity index (χ3v) is 9.77. The van der Waals surface area contributed by atoms with Crippen molar-refractivity contribution in [1.29, 1.82) is 0 Å². The molecular formula is C34H31N3O5Se. The molecule has 1 aliphatic rings. The molecule has 0 saturated carbocycles. The Bertz CT molecular complexity index is 1820. The Hall–Kier alpha value is -4.72. The molecule has 1 aliphatic heterocycles. The van der Waals surface area contributed by atoms with Gasteiger partial charge in [0, 0.05) is 0 Å². The van der Waals surface area contributed by atoms with Crippen LogP contribution in [-0.4, -0.2) is 64.5 Å². The molecule has 0 fully saturated rings. The van der Waals surface area contributed by atoms with Crippen LogP contribution in [0.4, 0.5) is 5.69 Å². The number of methoxy groups -OCH3 is 3. The van der Waals surface area contributed by atoms with Crippen LogP contribution in [0.15, 0.2) is 85.1 Å². The van der Waals surface area contributed by atoms with E-state index < -0.39 is 0 Å². The van der Waals surface area contributed by atoms with Gasteiger partial charge in [0.25, 0.3) is 0 Å². The van der Waals surface area contributed by atoms with Gasteiger partial charge in [-0.25, -0.2) is 0 Å². The van der Waals surface area contributed by atoms with Gasteiger partial charge in [0.1, 0.15) is 0 Å². The predicted molar refractivity (Wildman–Crippen MR) is 169 cm³/mol. The third-order valence-electron chi connectivity index (χ3n) is 7.57. The Labute approximate surface area is 256 Å². The number of nitrogens with zero attached hydrogens (tertiary/aromatic N) is 1. The minimum atomic E-state index is -0.182. The Morgan fingerprint density at radius 2 is 1.60 bits per heavy atom. The van der Waals surface area contributed by atoms with E-state index in [1.165, 1.54) is 5.56 Å². The van der Waals surface area contributed by atoms with Crippen molar-refractivity contribution in [2.75, 3.05) is 33.2 Å². The van der Waals surface area contributed by atoms with Gasteiger partial charge in [0.05, 0.1) is 0 Å². The van der Waals surface area contributed by atoms with Crippen molar-refractivity contribution in [2.45, 2.75) is 13.0 Å². The Kier molecular flexibility index (Phi) is 8.09. The number of H-pyrrole nitrogens is 1. The number of ether oxygens (including phenoxy) is 3. The van der Waals surface area contributed by atoms with E-state index in [4.69, 9.17) is 14.2 Å². The van der Waals surface area contributed by atoms with Crippen LogP contribution in [0.2, 0.25) is 0 Å². The molecular weight excluding hydrogens is 609 g/mol. The summed E-state index contributed by atoms with van der Waals surface area (Å²) in [6.45, 7) is 1.16. The molecule has 2 heterocycles.